The van der Waals surface area contributed by atoms with Crippen molar-refractivity contribution in [3.05, 3.63) is 69.6 Å². The van der Waals surface area contributed by atoms with Gasteiger partial charge in [0.25, 0.3) is 5.56 Å². The van der Waals surface area contributed by atoms with Crippen LogP contribution in [0.15, 0.2) is 53.3 Å². The van der Waals surface area contributed by atoms with E-state index in [2.05, 4.69) is 20.6 Å². The average molecular weight is 426 g/mol. The number of carbonyl (C=O) groups is 1. The summed E-state index contributed by atoms with van der Waals surface area (Å²) in [6.07, 6.45) is 2.41. The number of urea groups is 1. The zero-order valence-corrected chi connectivity index (χ0v) is 17.4. The van der Waals surface area contributed by atoms with E-state index < -0.39 is 0 Å². The molecule has 3 aromatic rings. The Bertz CT molecular complexity index is 1090. The Labute approximate surface area is 179 Å². The minimum atomic E-state index is -0.349. The SMILES string of the molecule is O=C(NCc1nn(CCN2CCCC2)c(=O)c2ccccc12)Nc1ccc(Cl)cc1. The van der Waals surface area contributed by atoms with E-state index in [-0.39, 0.29) is 18.1 Å². The van der Waals surface area contributed by atoms with Gasteiger partial charge in [0.05, 0.1) is 24.2 Å². The van der Waals surface area contributed by atoms with Crippen molar-refractivity contribution in [1.29, 1.82) is 0 Å². The zero-order chi connectivity index (χ0) is 20.9. The van der Waals surface area contributed by atoms with Crippen LogP contribution in [0.5, 0.6) is 0 Å². The quantitative estimate of drug-likeness (QED) is 0.633. The van der Waals surface area contributed by atoms with E-state index in [4.69, 9.17) is 11.6 Å². The number of halogens is 1. The molecule has 0 unspecified atom stereocenters. The van der Waals surface area contributed by atoms with Crippen LogP contribution in [-0.4, -0.2) is 40.3 Å². The van der Waals surface area contributed by atoms with Crippen LogP contribution in [0.25, 0.3) is 10.8 Å². The van der Waals surface area contributed by atoms with Crippen LogP contribution in [0.1, 0.15) is 18.5 Å². The molecule has 1 saturated heterocycles. The molecule has 4 rings (SSSR count). The molecule has 30 heavy (non-hydrogen) atoms. The lowest BCUT2D eigenvalue weighted by molar-refractivity contribution is 0.251. The number of hydrogen-bond acceptors (Lipinski definition) is 4. The summed E-state index contributed by atoms with van der Waals surface area (Å²) in [5.41, 5.74) is 1.21. The molecule has 8 heteroatoms. The second kappa shape index (κ2) is 9.28. The predicted molar refractivity (Wildman–Crippen MR) is 119 cm³/mol. The molecule has 156 valence electrons. The third kappa shape index (κ3) is 4.80. The van der Waals surface area contributed by atoms with Crippen molar-refractivity contribution in [3.8, 4) is 0 Å². The molecule has 2 amide bonds. The number of hydrogen-bond donors (Lipinski definition) is 2. The summed E-state index contributed by atoms with van der Waals surface area (Å²) in [5.74, 6) is 0. The summed E-state index contributed by atoms with van der Waals surface area (Å²) in [4.78, 5) is 27.5. The highest BCUT2D eigenvalue weighted by Gasteiger charge is 2.14. The standard InChI is InChI=1S/C22H24ClN5O2/c23-16-7-9-17(10-8-16)25-22(30)24-15-20-18-5-1-2-6-19(18)21(29)28(26-20)14-13-27-11-3-4-12-27/h1-2,5-10H,3-4,11-15H2,(H2,24,25,30). The molecule has 1 aliphatic heterocycles. The number of anilines is 1. The first-order chi connectivity index (χ1) is 14.6. The number of rotatable bonds is 6. The highest BCUT2D eigenvalue weighted by molar-refractivity contribution is 6.30. The van der Waals surface area contributed by atoms with Crippen LogP contribution in [-0.2, 0) is 13.1 Å². The summed E-state index contributed by atoms with van der Waals surface area (Å²) in [7, 11) is 0. The Morgan fingerprint density at radius 2 is 1.70 bits per heavy atom. The van der Waals surface area contributed by atoms with Crippen LogP contribution in [0, 0.1) is 0 Å². The van der Waals surface area contributed by atoms with Gasteiger partial charge in [-0.1, -0.05) is 29.8 Å². The van der Waals surface area contributed by atoms with Crippen LogP contribution in [0.3, 0.4) is 0 Å². The molecule has 0 bridgehead atoms. The lowest BCUT2D eigenvalue weighted by Crippen LogP contribution is -2.33. The fourth-order valence-corrected chi connectivity index (χ4v) is 3.83. The first-order valence-corrected chi connectivity index (χ1v) is 10.5. The van der Waals surface area contributed by atoms with Gasteiger partial charge >= 0.3 is 6.03 Å². The number of nitrogens with zero attached hydrogens (tertiary/aromatic N) is 3. The van der Waals surface area contributed by atoms with Crippen molar-refractivity contribution >= 4 is 34.1 Å². The highest BCUT2D eigenvalue weighted by Crippen LogP contribution is 2.15. The predicted octanol–water partition coefficient (Wildman–Crippen LogP) is 3.47. The van der Waals surface area contributed by atoms with E-state index >= 15 is 0 Å². The van der Waals surface area contributed by atoms with E-state index in [0.29, 0.717) is 28.3 Å². The molecular weight excluding hydrogens is 402 g/mol. The Balaban J connectivity index is 1.50. The number of aromatic nitrogens is 2. The number of carbonyl (C=O) groups excluding carboxylic acids is 1. The minimum Gasteiger partial charge on any atom is -0.332 e. The minimum absolute atomic E-state index is 0.0980. The van der Waals surface area contributed by atoms with Gasteiger partial charge in [-0.05, 0) is 56.3 Å². The van der Waals surface area contributed by atoms with Crippen LogP contribution < -0.4 is 16.2 Å². The summed E-state index contributed by atoms with van der Waals surface area (Å²) < 4.78 is 1.52. The van der Waals surface area contributed by atoms with E-state index in [1.807, 2.05) is 24.3 Å². The molecule has 2 heterocycles. The molecule has 7 nitrogen and oxygen atoms in total. The summed E-state index contributed by atoms with van der Waals surface area (Å²) in [6, 6.07) is 13.9. The van der Waals surface area contributed by atoms with Crippen molar-refractivity contribution in [2.24, 2.45) is 0 Å². The lowest BCUT2D eigenvalue weighted by atomic mass is 10.1. The van der Waals surface area contributed by atoms with E-state index in [1.54, 1.807) is 24.3 Å². The van der Waals surface area contributed by atoms with Crippen molar-refractivity contribution in [1.82, 2.24) is 20.0 Å². The van der Waals surface area contributed by atoms with Crippen molar-refractivity contribution in [2.45, 2.75) is 25.9 Å². The van der Waals surface area contributed by atoms with Gasteiger partial charge < -0.3 is 15.5 Å². The van der Waals surface area contributed by atoms with Gasteiger partial charge in [-0.15, -0.1) is 0 Å². The number of fused-ring (bicyclic) bond motifs is 1. The smallest absolute Gasteiger partial charge is 0.319 e. The molecule has 0 spiro atoms. The first kappa shape index (κ1) is 20.4. The molecule has 1 aliphatic rings. The Morgan fingerprint density at radius 1 is 1.00 bits per heavy atom. The lowest BCUT2D eigenvalue weighted by Gasteiger charge is -2.16. The fourth-order valence-electron chi connectivity index (χ4n) is 3.70. The number of nitrogens with one attached hydrogen (secondary N) is 2. The number of benzene rings is 2. The molecule has 2 aromatic carbocycles. The molecule has 1 fully saturated rings. The zero-order valence-electron chi connectivity index (χ0n) is 16.6. The molecular formula is C22H24ClN5O2. The third-order valence-electron chi connectivity index (χ3n) is 5.29. The van der Waals surface area contributed by atoms with Gasteiger partial charge in [0.2, 0.25) is 0 Å². The van der Waals surface area contributed by atoms with Crippen molar-refractivity contribution in [2.75, 3.05) is 25.0 Å². The van der Waals surface area contributed by atoms with Gasteiger partial charge in [-0.2, -0.15) is 5.10 Å². The maximum Gasteiger partial charge on any atom is 0.319 e. The summed E-state index contributed by atoms with van der Waals surface area (Å²) in [6.45, 7) is 3.69. The largest absolute Gasteiger partial charge is 0.332 e. The Hall–Kier alpha value is -2.90. The Kier molecular flexibility index (Phi) is 6.30. The summed E-state index contributed by atoms with van der Waals surface area (Å²) >= 11 is 5.87. The van der Waals surface area contributed by atoms with Crippen molar-refractivity contribution < 1.29 is 4.79 Å². The molecule has 2 N–H and O–H groups in total. The van der Waals surface area contributed by atoms with E-state index in [9.17, 15) is 9.59 Å². The van der Waals surface area contributed by atoms with Crippen LogP contribution in [0.2, 0.25) is 5.02 Å². The molecule has 0 saturated carbocycles. The fraction of sp³-hybridized carbons (Fsp3) is 0.318. The molecule has 0 atom stereocenters. The van der Waals surface area contributed by atoms with Gasteiger partial charge in [0.15, 0.2) is 0 Å². The van der Waals surface area contributed by atoms with Crippen molar-refractivity contribution in [3.63, 3.8) is 0 Å². The molecule has 1 aromatic heterocycles. The van der Waals surface area contributed by atoms with Crippen LogP contribution >= 0.6 is 11.6 Å². The maximum absolute atomic E-state index is 12.9. The molecule has 0 radical (unpaired) electrons. The topological polar surface area (TPSA) is 79.3 Å². The summed E-state index contributed by atoms with van der Waals surface area (Å²) in [5, 5.41) is 12.1. The van der Waals surface area contributed by atoms with E-state index in [1.165, 1.54) is 17.5 Å². The second-order valence-electron chi connectivity index (χ2n) is 7.38. The van der Waals surface area contributed by atoms with Gasteiger partial charge in [-0.25, -0.2) is 9.48 Å². The Morgan fingerprint density at radius 3 is 2.43 bits per heavy atom. The van der Waals surface area contributed by atoms with Gasteiger partial charge in [0.1, 0.15) is 0 Å². The number of amides is 2. The molecule has 0 aliphatic carbocycles. The maximum atomic E-state index is 12.9. The monoisotopic (exact) mass is 425 g/mol. The third-order valence-corrected chi connectivity index (χ3v) is 5.54. The number of likely N-dealkylation sites (tertiary alicyclic amines) is 1. The second-order valence-corrected chi connectivity index (χ2v) is 7.82. The highest BCUT2D eigenvalue weighted by atomic mass is 35.5. The van der Waals surface area contributed by atoms with Crippen LogP contribution in [0.4, 0.5) is 10.5 Å². The normalized spacial score (nSPS) is 14.2. The van der Waals surface area contributed by atoms with Gasteiger partial charge in [0, 0.05) is 22.6 Å². The first-order valence-electron chi connectivity index (χ1n) is 10.1. The van der Waals surface area contributed by atoms with Gasteiger partial charge in [-0.3, -0.25) is 4.79 Å². The average Bonchev–Trinajstić information content (AvgIpc) is 3.28. The van der Waals surface area contributed by atoms with E-state index in [0.717, 1.165) is 25.0 Å².